The van der Waals surface area contributed by atoms with E-state index >= 15 is 0 Å². The number of nitrogen functional groups attached to an aromatic ring is 2. The summed E-state index contributed by atoms with van der Waals surface area (Å²) in [5.74, 6) is 0.468. The number of halogens is 2. The van der Waals surface area contributed by atoms with Crippen LogP contribution in [-0.4, -0.2) is 7.11 Å². The summed E-state index contributed by atoms with van der Waals surface area (Å²) in [6, 6.07) is 8.94. The van der Waals surface area contributed by atoms with Gasteiger partial charge in [0.1, 0.15) is 11.8 Å². The van der Waals surface area contributed by atoms with Gasteiger partial charge in [-0.15, -0.1) is 0 Å². The van der Waals surface area contributed by atoms with E-state index in [1.807, 2.05) is 32.0 Å². The van der Waals surface area contributed by atoms with Crippen molar-refractivity contribution >= 4 is 38.9 Å². The Labute approximate surface area is 143 Å². The number of rotatable bonds is 1. The van der Waals surface area contributed by atoms with Crippen LogP contribution in [0.15, 0.2) is 28.7 Å². The highest BCUT2D eigenvalue weighted by molar-refractivity contribution is 9.10. The molecule has 0 aliphatic heterocycles. The monoisotopic (exact) mass is 381 g/mol. The number of nitriles is 1. The molecule has 0 saturated carbocycles. The van der Waals surface area contributed by atoms with Gasteiger partial charge in [-0.2, -0.15) is 5.26 Å². The number of hydrogen-bond acceptors (Lipinski definition) is 4. The lowest BCUT2D eigenvalue weighted by molar-refractivity contribution is 0.417. The third kappa shape index (κ3) is 4.55. The van der Waals surface area contributed by atoms with Gasteiger partial charge in [0.2, 0.25) is 0 Å². The molecule has 4 nitrogen and oxygen atoms in total. The molecule has 0 fully saturated rings. The molecule has 0 aliphatic rings. The molecule has 0 atom stereocenters. The van der Waals surface area contributed by atoms with Gasteiger partial charge < -0.3 is 16.2 Å². The molecular formula is C16H17BrClN3O. The van der Waals surface area contributed by atoms with Crippen LogP contribution in [0.3, 0.4) is 0 Å². The smallest absolute Gasteiger partial charge is 0.143 e. The zero-order chi connectivity index (χ0) is 16.9. The summed E-state index contributed by atoms with van der Waals surface area (Å²) in [5, 5.41) is 8.94. The van der Waals surface area contributed by atoms with Gasteiger partial charge in [0.15, 0.2) is 0 Å². The molecule has 2 rings (SSSR count). The van der Waals surface area contributed by atoms with Crippen LogP contribution in [0.2, 0.25) is 5.02 Å². The Bertz CT molecular complexity index is 676. The van der Waals surface area contributed by atoms with Gasteiger partial charge >= 0.3 is 0 Å². The molecule has 2 aromatic rings. The maximum atomic E-state index is 8.60. The second-order valence-electron chi connectivity index (χ2n) is 4.64. The van der Waals surface area contributed by atoms with E-state index in [4.69, 9.17) is 33.1 Å². The third-order valence-electron chi connectivity index (χ3n) is 2.99. The van der Waals surface area contributed by atoms with Gasteiger partial charge in [-0.05, 0) is 43.2 Å². The number of aryl methyl sites for hydroxylation is 2. The molecule has 6 heteroatoms. The minimum atomic E-state index is 0.343. The minimum absolute atomic E-state index is 0.343. The molecule has 0 amide bonds. The number of methoxy groups -OCH3 is 1. The second-order valence-corrected chi connectivity index (χ2v) is 5.91. The molecule has 0 aliphatic carbocycles. The number of hydrogen-bond donors (Lipinski definition) is 2. The Kier molecular flexibility index (Phi) is 6.54. The van der Waals surface area contributed by atoms with E-state index in [0.717, 1.165) is 15.7 Å². The summed E-state index contributed by atoms with van der Waals surface area (Å²) in [6.07, 6.45) is 0. The molecule has 2 aromatic carbocycles. The van der Waals surface area contributed by atoms with Crippen molar-refractivity contribution in [2.75, 3.05) is 18.6 Å². The number of anilines is 2. The molecular weight excluding hydrogens is 366 g/mol. The van der Waals surface area contributed by atoms with Crippen molar-refractivity contribution in [1.29, 1.82) is 5.26 Å². The molecule has 0 bridgehead atoms. The van der Waals surface area contributed by atoms with Crippen molar-refractivity contribution in [3.8, 4) is 11.8 Å². The first-order valence-corrected chi connectivity index (χ1v) is 7.52. The topological polar surface area (TPSA) is 85.1 Å². The molecule has 22 heavy (non-hydrogen) atoms. The summed E-state index contributed by atoms with van der Waals surface area (Å²) < 4.78 is 6.03. The summed E-state index contributed by atoms with van der Waals surface area (Å²) in [7, 11) is 1.49. The van der Waals surface area contributed by atoms with Crippen molar-refractivity contribution in [1.82, 2.24) is 0 Å². The summed E-state index contributed by atoms with van der Waals surface area (Å²) >= 11 is 9.13. The van der Waals surface area contributed by atoms with Crippen LogP contribution in [0.25, 0.3) is 0 Å². The van der Waals surface area contributed by atoms with Gasteiger partial charge in [0.25, 0.3) is 0 Å². The lowest BCUT2D eigenvalue weighted by atomic mass is 10.1. The first kappa shape index (κ1) is 18.1. The highest BCUT2D eigenvalue weighted by atomic mass is 79.9. The van der Waals surface area contributed by atoms with E-state index < -0.39 is 0 Å². The second kappa shape index (κ2) is 7.92. The van der Waals surface area contributed by atoms with E-state index in [9.17, 15) is 0 Å². The predicted octanol–water partition coefficient (Wildman–Crippen LogP) is 4.45. The molecule has 116 valence electrons. The zero-order valence-corrected chi connectivity index (χ0v) is 14.9. The number of nitrogens with two attached hydrogens (primary N) is 2. The fourth-order valence-corrected chi connectivity index (χ4v) is 2.31. The van der Waals surface area contributed by atoms with Crippen molar-refractivity contribution in [3.05, 3.63) is 50.5 Å². The zero-order valence-electron chi connectivity index (χ0n) is 12.6. The Morgan fingerprint density at radius 1 is 1.09 bits per heavy atom. The maximum absolute atomic E-state index is 8.60. The standard InChI is InChI=1S/C8H10BrN.C8H7ClN2O/c1-5-4-8(10)6(2)3-7(5)9;1-12-8-2-5(4-10)6(9)3-7(8)11/h3-4H,10H2,1-2H3;2-3H,11H2,1H3. The average Bonchev–Trinajstić information content (AvgIpc) is 2.46. The summed E-state index contributed by atoms with van der Waals surface area (Å²) in [6.45, 7) is 4.03. The lowest BCUT2D eigenvalue weighted by Crippen LogP contribution is -1.93. The highest BCUT2D eigenvalue weighted by Gasteiger charge is 2.05. The van der Waals surface area contributed by atoms with Crippen molar-refractivity contribution < 1.29 is 4.74 Å². The maximum Gasteiger partial charge on any atom is 0.143 e. The van der Waals surface area contributed by atoms with Crippen LogP contribution in [0.4, 0.5) is 11.4 Å². The average molecular weight is 383 g/mol. The molecule has 0 aromatic heterocycles. The van der Waals surface area contributed by atoms with Crippen LogP contribution in [0.1, 0.15) is 16.7 Å². The minimum Gasteiger partial charge on any atom is -0.495 e. The molecule has 4 N–H and O–H groups in total. The SMILES string of the molecule is COc1cc(C#N)c(Cl)cc1N.Cc1cc(Br)c(C)cc1N. The molecule has 0 heterocycles. The quantitative estimate of drug-likeness (QED) is 0.713. The summed E-state index contributed by atoms with van der Waals surface area (Å²) in [4.78, 5) is 0. The van der Waals surface area contributed by atoms with E-state index in [1.165, 1.54) is 24.8 Å². The third-order valence-corrected chi connectivity index (χ3v) is 4.15. The van der Waals surface area contributed by atoms with Crippen LogP contribution in [0, 0.1) is 25.2 Å². The predicted molar refractivity (Wildman–Crippen MR) is 95.2 cm³/mol. The van der Waals surface area contributed by atoms with Crippen molar-refractivity contribution in [3.63, 3.8) is 0 Å². The van der Waals surface area contributed by atoms with Gasteiger partial charge in [0.05, 0.1) is 23.4 Å². The number of nitrogens with zero attached hydrogens (tertiary/aromatic N) is 1. The first-order valence-electron chi connectivity index (χ1n) is 6.35. The van der Waals surface area contributed by atoms with Gasteiger partial charge in [-0.3, -0.25) is 0 Å². The van der Waals surface area contributed by atoms with E-state index in [-0.39, 0.29) is 0 Å². The Balaban J connectivity index is 0.000000224. The van der Waals surface area contributed by atoms with E-state index in [2.05, 4.69) is 15.9 Å². The fraction of sp³-hybridized carbons (Fsp3) is 0.188. The Hall–Kier alpha value is -1.90. The normalized spacial score (nSPS) is 9.45. The van der Waals surface area contributed by atoms with E-state index in [1.54, 1.807) is 0 Å². The Morgan fingerprint density at radius 3 is 2.23 bits per heavy atom. The van der Waals surface area contributed by atoms with Crippen LogP contribution in [-0.2, 0) is 0 Å². The Morgan fingerprint density at radius 2 is 1.73 bits per heavy atom. The first-order chi connectivity index (χ1) is 10.3. The van der Waals surface area contributed by atoms with Crippen LogP contribution >= 0.6 is 27.5 Å². The highest BCUT2D eigenvalue weighted by Crippen LogP contribution is 2.28. The fourth-order valence-electron chi connectivity index (χ4n) is 1.63. The molecule has 0 saturated heterocycles. The van der Waals surface area contributed by atoms with Gasteiger partial charge in [0, 0.05) is 16.2 Å². The lowest BCUT2D eigenvalue weighted by Gasteiger charge is -2.04. The molecule has 0 unspecified atom stereocenters. The molecule has 0 radical (unpaired) electrons. The van der Waals surface area contributed by atoms with Crippen LogP contribution in [0.5, 0.6) is 5.75 Å². The molecule has 0 spiro atoms. The van der Waals surface area contributed by atoms with Crippen LogP contribution < -0.4 is 16.2 Å². The number of ether oxygens (including phenoxy) is 1. The number of benzene rings is 2. The summed E-state index contributed by atoms with van der Waals surface area (Å²) in [5.41, 5.74) is 15.2. The van der Waals surface area contributed by atoms with Gasteiger partial charge in [-0.1, -0.05) is 27.5 Å². The largest absolute Gasteiger partial charge is 0.495 e. The van der Waals surface area contributed by atoms with E-state index in [0.29, 0.717) is 22.0 Å². The van der Waals surface area contributed by atoms with Crippen molar-refractivity contribution in [2.24, 2.45) is 0 Å². The van der Waals surface area contributed by atoms with Gasteiger partial charge in [-0.25, -0.2) is 0 Å². The van der Waals surface area contributed by atoms with Crippen molar-refractivity contribution in [2.45, 2.75) is 13.8 Å².